The lowest BCUT2D eigenvalue weighted by molar-refractivity contribution is -0.127. The lowest BCUT2D eigenvalue weighted by Gasteiger charge is -2.33. The highest BCUT2D eigenvalue weighted by Gasteiger charge is 2.46. The Kier molecular flexibility index (Phi) is 5.91. The number of ether oxygens (including phenoxy) is 1. The predicted octanol–water partition coefficient (Wildman–Crippen LogP) is 5.20. The molecule has 2 unspecified atom stereocenters. The van der Waals surface area contributed by atoms with Crippen LogP contribution in [0.3, 0.4) is 0 Å². The molecule has 0 saturated heterocycles. The van der Waals surface area contributed by atoms with Crippen molar-refractivity contribution in [3.63, 3.8) is 0 Å². The van der Waals surface area contributed by atoms with Crippen molar-refractivity contribution in [3.8, 4) is 5.75 Å². The molecule has 6 heteroatoms. The van der Waals surface area contributed by atoms with Crippen LogP contribution in [0, 0.1) is 0 Å². The van der Waals surface area contributed by atoms with Gasteiger partial charge in [0.25, 0.3) is 5.91 Å². The molecule has 0 aliphatic carbocycles. The molecular formula is C30H31N3O3. The topological polar surface area (TPSA) is 71.0 Å². The molecular weight excluding hydrogens is 450 g/mol. The van der Waals surface area contributed by atoms with E-state index in [-0.39, 0.29) is 11.8 Å². The molecule has 2 amide bonds. The second-order valence-electron chi connectivity index (χ2n) is 10.5. The van der Waals surface area contributed by atoms with Crippen molar-refractivity contribution in [2.24, 2.45) is 4.99 Å². The van der Waals surface area contributed by atoms with Crippen LogP contribution in [0.15, 0.2) is 77.8 Å². The minimum atomic E-state index is -0.760. The molecule has 2 heterocycles. The first-order chi connectivity index (χ1) is 17.2. The summed E-state index contributed by atoms with van der Waals surface area (Å²) in [6.45, 7) is 6.22. The zero-order valence-corrected chi connectivity index (χ0v) is 21.1. The summed E-state index contributed by atoms with van der Waals surface area (Å²) < 4.78 is 5.52. The van der Waals surface area contributed by atoms with Crippen LogP contribution in [-0.4, -0.2) is 42.1 Å². The molecule has 3 aromatic rings. The number of hydrogen-bond donors (Lipinski definition) is 1. The van der Waals surface area contributed by atoms with Gasteiger partial charge in [0.15, 0.2) is 0 Å². The van der Waals surface area contributed by atoms with Crippen LogP contribution in [-0.2, 0) is 10.2 Å². The van der Waals surface area contributed by atoms with E-state index in [1.54, 1.807) is 12.0 Å². The van der Waals surface area contributed by atoms with Crippen LogP contribution in [0.4, 0.5) is 5.69 Å². The van der Waals surface area contributed by atoms with Gasteiger partial charge in [0.2, 0.25) is 5.91 Å². The lowest BCUT2D eigenvalue weighted by Crippen LogP contribution is -2.49. The van der Waals surface area contributed by atoms with Crippen LogP contribution in [0.2, 0.25) is 0 Å². The van der Waals surface area contributed by atoms with Crippen molar-refractivity contribution in [3.05, 3.63) is 95.1 Å². The molecule has 2 aliphatic heterocycles. The minimum absolute atomic E-state index is 0.162. The molecule has 36 heavy (non-hydrogen) atoms. The molecule has 0 fully saturated rings. The standard InChI is InChI=1S/C30H31N3O3/c1-29(2,3)32-27(34)26(20-10-6-5-7-11-20)33-17-16-30(23-13-9-8-12-22(23)28(33)35)19-31-25-15-14-21(36-4)18-24(25)30/h5-15,18-19,26H,16-17H2,1-4H3,(H,32,34). The molecule has 3 aromatic carbocycles. The first-order valence-electron chi connectivity index (χ1n) is 12.2. The summed E-state index contributed by atoms with van der Waals surface area (Å²) in [5, 5.41) is 3.10. The molecule has 2 aliphatic rings. The quantitative estimate of drug-likeness (QED) is 0.557. The van der Waals surface area contributed by atoms with E-state index >= 15 is 0 Å². The second-order valence-corrected chi connectivity index (χ2v) is 10.5. The van der Waals surface area contributed by atoms with E-state index in [9.17, 15) is 9.59 Å². The van der Waals surface area contributed by atoms with Crippen molar-refractivity contribution >= 4 is 23.7 Å². The van der Waals surface area contributed by atoms with E-state index in [1.165, 1.54) is 0 Å². The zero-order chi connectivity index (χ0) is 25.5. The highest BCUT2D eigenvalue weighted by Crippen LogP contribution is 2.48. The average Bonchev–Trinajstić information content (AvgIpc) is 3.18. The molecule has 0 aromatic heterocycles. The third-order valence-corrected chi connectivity index (χ3v) is 6.93. The average molecular weight is 482 g/mol. The van der Waals surface area contributed by atoms with Gasteiger partial charge in [-0.05, 0) is 68.1 Å². The summed E-state index contributed by atoms with van der Waals surface area (Å²) in [7, 11) is 1.65. The Morgan fingerprint density at radius 3 is 2.47 bits per heavy atom. The third-order valence-electron chi connectivity index (χ3n) is 6.93. The van der Waals surface area contributed by atoms with Crippen LogP contribution in [0.25, 0.3) is 0 Å². The van der Waals surface area contributed by atoms with Gasteiger partial charge in [-0.2, -0.15) is 0 Å². The first-order valence-corrected chi connectivity index (χ1v) is 12.2. The number of nitrogens with one attached hydrogen (secondary N) is 1. The molecule has 2 atom stereocenters. The van der Waals surface area contributed by atoms with Gasteiger partial charge in [0.05, 0.1) is 18.2 Å². The highest BCUT2D eigenvalue weighted by molar-refractivity contribution is 6.03. The van der Waals surface area contributed by atoms with Crippen molar-refractivity contribution in [2.75, 3.05) is 13.7 Å². The third kappa shape index (κ3) is 4.06. The van der Waals surface area contributed by atoms with Crippen molar-refractivity contribution < 1.29 is 14.3 Å². The Labute approximate surface area is 212 Å². The Morgan fingerprint density at radius 2 is 1.75 bits per heavy atom. The molecule has 0 bridgehead atoms. The maximum absolute atomic E-state index is 14.2. The van der Waals surface area contributed by atoms with E-state index in [2.05, 4.69) is 5.32 Å². The van der Waals surface area contributed by atoms with Gasteiger partial charge in [0.1, 0.15) is 11.8 Å². The number of amides is 2. The molecule has 5 rings (SSSR count). The fourth-order valence-electron chi connectivity index (χ4n) is 5.31. The van der Waals surface area contributed by atoms with Gasteiger partial charge in [0, 0.05) is 23.9 Å². The van der Waals surface area contributed by atoms with E-state index < -0.39 is 17.0 Å². The lowest BCUT2D eigenvalue weighted by atomic mass is 9.72. The Bertz CT molecular complexity index is 1340. The summed E-state index contributed by atoms with van der Waals surface area (Å²) in [5.41, 5.74) is 3.12. The van der Waals surface area contributed by atoms with Gasteiger partial charge < -0.3 is 15.0 Å². The van der Waals surface area contributed by atoms with E-state index in [1.807, 2.05) is 99.8 Å². The molecule has 1 N–H and O–H groups in total. The van der Waals surface area contributed by atoms with Gasteiger partial charge in [-0.3, -0.25) is 14.6 Å². The summed E-state index contributed by atoms with van der Waals surface area (Å²) in [6.07, 6.45) is 2.55. The van der Waals surface area contributed by atoms with Gasteiger partial charge in [-0.25, -0.2) is 0 Å². The summed E-state index contributed by atoms with van der Waals surface area (Å²) in [5.74, 6) is 0.387. The van der Waals surface area contributed by atoms with Crippen LogP contribution in [0.5, 0.6) is 5.75 Å². The zero-order valence-electron chi connectivity index (χ0n) is 21.1. The van der Waals surface area contributed by atoms with E-state index in [0.29, 0.717) is 18.5 Å². The summed E-state index contributed by atoms with van der Waals surface area (Å²) in [4.78, 5) is 34.3. The maximum Gasteiger partial charge on any atom is 0.255 e. The second kappa shape index (κ2) is 8.94. The fourth-order valence-corrected chi connectivity index (χ4v) is 5.31. The van der Waals surface area contributed by atoms with Gasteiger partial charge in [-0.1, -0.05) is 48.5 Å². The normalized spacial score (nSPS) is 19.4. The smallest absolute Gasteiger partial charge is 0.255 e. The monoisotopic (exact) mass is 481 g/mol. The largest absolute Gasteiger partial charge is 0.497 e. The van der Waals surface area contributed by atoms with Crippen molar-refractivity contribution in [1.29, 1.82) is 0 Å². The molecule has 6 nitrogen and oxygen atoms in total. The van der Waals surface area contributed by atoms with Crippen LogP contribution >= 0.6 is 0 Å². The molecule has 0 radical (unpaired) electrons. The van der Waals surface area contributed by atoms with Gasteiger partial charge >= 0.3 is 0 Å². The van der Waals surface area contributed by atoms with Gasteiger partial charge in [-0.15, -0.1) is 0 Å². The number of nitrogens with zero attached hydrogens (tertiary/aromatic N) is 2. The fraction of sp³-hybridized carbons (Fsp3) is 0.300. The number of rotatable bonds is 4. The SMILES string of the molecule is COc1ccc2c(c1)C1(C=N2)CCN(C(C(=O)NC(C)(C)C)c2ccccc2)C(=O)c2ccccc21. The predicted molar refractivity (Wildman–Crippen MR) is 141 cm³/mol. The number of methoxy groups -OCH3 is 1. The molecule has 0 saturated carbocycles. The number of benzene rings is 3. The Morgan fingerprint density at radius 1 is 1.03 bits per heavy atom. The molecule has 1 spiro atoms. The molecule has 184 valence electrons. The van der Waals surface area contributed by atoms with Crippen LogP contribution in [0.1, 0.15) is 60.3 Å². The van der Waals surface area contributed by atoms with Crippen molar-refractivity contribution in [2.45, 2.75) is 44.2 Å². The first kappa shape index (κ1) is 23.8. The van der Waals surface area contributed by atoms with E-state index in [0.717, 1.165) is 28.1 Å². The number of carbonyl (C=O) groups is 2. The van der Waals surface area contributed by atoms with Crippen molar-refractivity contribution in [1.82, 2.24) is 10.2 Å². The summed E-state index contributed by atoms with van der Waals surface area (Å²) >= 11 is 0. The summed E-state index contributed by atoms with van der Waals surface area (Å²) in [6, 6.07) is 22.3. The maximum atomic E-state index is 14.2. The minimum Gasteiger partial charge on any atom is -0.497 e. The number of hydrogen-bond acceptors (Lipinski definition) is 4. The van der Waals surface area contributed by atoms with E-state index in [4.69, 9.17) is 9.73 Å². The number of carbonyl (C=O) groups excluding carboxylic acids is 2. The number of aliphatic imine (C=N–C) groups is 1. The van der Waals surface area contributed by atoms with Crippen LogP contribution < -0.4 is 10.1 Å². The highest BCUT2D eigenvalue weighted by atomic mass is 16.5. The number of fused-ring (bicyclic) bond motifs is 4. The Balaban J connectivity index is 1.64. The Hall–Kier alpha value is -3.93.